The van der Waals surface area contributed by atoms with Crippen LogP contribution in [0.25, 0.3) is 0 Å². The van der Waals surface area contributed by atoms with Crippen LogP contribution in [0.5, 0.6) is 0 Å². The minimum atomic E-state index is -0.183. The number of ether oxygens (including phenoxy) is 1. The Kier molecular flexibility index (Phi) is 6.47. The van der Waals surface area contributed by atoms with Gasteiger partial charge < -0.3 is 19.5 Å². The molecule has 6 nitrogen and oxygen atoms in total. The van der Waals surface area contributed by atoms with Gasteiger partial charge in [0.2, 0.25) is 0 Å². The van der Waals surface area contributed by atoms with Gasteiger partial charge in [-0.3, -0.25) is 9.59 Å². The summed E-state index contributed by atoms with van der Waals surface area (Å²) >= 11 is 1.62. The van der Waals surface area contributed by atoms with Gasteiger partial charge in [0.05, 0.1) is 6.10 Å². The number of hydrogen-bond donors (Lipinski definition) is 1. The highest BCUT2D eigenvalue weighted by molar-refractivity contribution is 7.07. The van der Waals surface area contributed by atoms with Crippen molar-refractivity contribution in [1.29, 1.82) is 0 Å². The molecule has 2 aromatic rings. The van der Waals surface area contributed by atoms with E-state index in [0.717, 1.165) is 56.5 Å². The lowest BCUT2D eigenvalue weighted by atomic mass is 10.0. The molecule has 0 aliphatic carbocycles. The fraction of sp³-hybridized carbons (Fsp3) is 0.545. The van der Waals surface area contributed by atoms with Crippen LogP contribution in [-0.2, 0) is 11.3 Å². The molecule has 0 spiro atoms. The van der Waals surface area contributed by atoms with Crippen molar-refractivity contribution in [2.75, 3.05) is 26.2 Å². The topological polar surface area (TPSA) is 63.6 Å². The summed E-state index contributed by atoms with van der Waals surface area (Å²) in [6, 6.07) is 4.09. The van der Waals surface area contributed by atoms with Gasteiger partial charge in [0.25, 0.3) is 11.5 Å². The maximum Gasteiger partial charge on any atom is 0.263 e. The Balaban J connectivity index is 1.64. The van der Waals surface area contributed by atoms with Crippen LogP contribution >= 0.6 is 11.3 Å². The molecule has 1 unspecified atom stereocenters. The van der Waals surface area contributed by atoms with E-state index in [1.165, 1.54) is 0 Å². The minimum absolute atomic E-state index is 0.0493. The van der Waals surface area contributed by atoms with Gasteiger partial charge in [-0.2, -0.15) is 11.3 Å². The van der Waals surface area contributed by atoms with Crippen molar-refractivity contribution in [3.8, 4) is 0 Å². The molecule has 2 aromatic heterocycles. The third-order valence-corrected chi connectivity index (χ3v) is 6.66. The first-order valence-corrected chi connectivity index (χ1v) is 11.4. The Bertz CT molecular complexity index is 881. The number of thiophene rings is 1. The summed E-state index contributed by atoms with van der Waals surface area (Å²) in [5.41, 5.74) is 1.98. The molecule has 1 amide bonds. The first-order valence-electron chi connectivity index (χ1n) is 10.5. The molecule has 2 aliphatic rings. The predicted octanol–water partition coefficient (Wildman–Crippen LogP) is 2.96. The van der Waals surface area contributed by atoms with Crippen molar-refractivity contribution in [2.45, 2.75) is 51.3 Å². The number of hydrogen-bond acceptors (Lipinski definition) is 5. The molecule has 2 saturated heterocycles. The number of rotatable bonds is 6. The quantitative estimate of drug-likeness (QED) is 0.788. The smallest absolute Gasteiger partial charge is 0.263 e. The van der Waals surface area contributed by atoms with Crippen molar-refractivity contribution >= 4 is 17.2 Å². The second kappa shape index (κ2) is 9.24. The summed E-state index contributed by atoms with van der Waals surface area (Å²) in [6.45, 7) is 5.43. The molecule has 1 atom stereocenters. The molecule has 2 aliphatic heterocycles. The fourth-order valence-electron chi connectivity index (χ4n) is 4.29. The lowest BCUT2D eigenvalue weighted by Crippen LogP contribution is -2.42. The number of carbonyl (C=O) groups is 1. The first kappa shape index (κ1) is 20.3. The highest BCUT2D eigenvalue weighted by atomic mass is 32.1. The minimum Gasteiger partial charge on any atom is -0.376 e. The normalized spacial score (nSPS) is 20.1. The van der Waals surface area contributed by atoms with Crippen LogP contribution in [0.1, 0.15) is 53.2 Å². The summed E-state index contributed by atoms with van der Waals surface area (Å²) < 4.78 is 7.56. The molecule has 7 heteroatoms. The number of amides is 1. The van der Waals surface area contributed by atoms with Crippen molar-refractivity contribution in [1.82, 2.24) is 14.8 Å². The zero-order chi connectivity index (χ0) is 20.2. The second-order valence-electron chi connectivity index (χ2n) is 8.02. The van der Waals surface area contributed by atoms with E-state index in [2.05, 4.69) is 10.7 Å². The van der Waals surface area contributed by atoms with Crippen molar-refractivity contribution in [3.63, 3.8) is 0 Å². The Morgan fingerprint density at radius 3 is 2.83 bits per heavy atom. The number of carbonyl (C=O) groups excluding carboxylic acids is 1. The van der Waals surface area contributed by atoms with Crippen LogP contribution in [0.15, 0.2) is 33.9 Å². The molecular weight excluding hydrogens is 386 g/mol. The van der Waals surface area contributed by atoms with Gasteiger partial charge in [0.15, 0.2) is 0 Å². The van der Waals surface area contributed by atoms with Gasteiger partial charge in [-0.25, -0.2) is 0 Å². The number of aryl methyl sites for hydroxylation is 1. The molecule has 0 bridgehead atoms. The van der Waals surface area contributed by atoms with E-state index in [1.54, 1.807) is 20.8 Å². The highest BCUT2D eigenvalue weighted by Gasteiger charge is 2.28. The molecule has 0 radical (unpaired) electrons. The van der Waals surface area contributed by atoms with Gasteiger partial charge in [-0.05, 0) is 79.7 Å². The molecule has 1 N–H and O–H groups in total. The Morgan fingerprint density at radius 1 is 1.31 bits per heavy atom. The Labute approximate surface area is 175 Å². The fourth-order valence-corrected chi connectivity index (χ4v) is 4.95. The number of nitrogens with zero attached hydrogens (tertiary/aromatic N) is 2. The number of piperidine rings is 1. The largest absolute Gasteiger partial charge is 0.376 e. The zero-order valence-electron chi connectivity index (χ0n) is 16.9. The van der Waals surface area contributed by atoms with Crippen LogP contribution in [0, 0.1) is 6.92 Å². The summed E-state index contributed by atoms with van der Waals surface area (Å²) in [5, 5.41) is 7.40. The maximum absolute atomic E-state index is 13.6. The van der Waals surface area contributed by atoms with Crippen molar-refractivity contribution in [2.24, 2.45) is 0 Å². The summed E-state index contributed by atoms with van der Waals surface area (Å²) in [7, 11) is 0. The van der Waals surface area contributed by atoms with Gasteiger partial charge in [-0.1, -0.05) is 0 Å². The third-order valence-electron chi connectivity index (χ3n) is 5.93. The van der Waals surface area contributed by atoms with Crippen molar-refractivity contribution < 1.29 is 9.53 Å². The standard InChI is InChI=1S/C22H29N3O3S/c1-16-6-10-25(18-4-8-23-9-5-18)22(27)20(16)21(26)24(13-17-7-12-29-15-17)14-19-3-2-11-28-19/h6-7,10,12,15,18-19,23H,2-5,8-9,11,13-14H2,1H3. The molecule has 4 heterocycles. The summed E-state index contributed by atoms with van der Waals surface area (Å²) in [6.07, 6.45) is 5.70. The van der Waals surface area contributed by atoms with Gasteiger partial charge >= 0.3 is 0 Å². The summed E-state index contributed by atoms with van der Waals surface area (Å²) in [4.78, 5) is 28.7. The lowest BCUT2D eigenvalue weighted by Gasteiger charge is -2.28. The first-order chi connectivity index (χ1) is 14.1. The third kappa shape index (κ3) is 4.63. The van der Waals surface area contributed by atoms with E-state index >= 15 is 0 Å². The van der Waals surface area contributed by atoms with Gasteiger partial charge in [0.1, 0.15) is 5.56 Å². The van der Waals surface area contributed by atoms with E-state index in [1.807, 2.05) is 30.6 Å². The SMILES string of the molecule is Cc1ccn(C2CCNCC2)c(=O)c1C(=O)N(Cc1ccsc1)CC1CCCO1. The summed E-state index contributed by atoms with van der Waals surface area (Å²) in [5.74, 6) is -0.183. The van der Waals surface area contributed by atoms with Crippen molar-refractivity contribution in [3.05, 3.63) is 56.1 Å². The van der Waals surface area contributed by atoms with E-state index in [4.69, 9.17) is 4.74 Å². The number of nitrogens with one attached hydrogen (secondary N) is 1. The van der Waals surface area contributed by atoms with Crippen LogP contribution in [0.4, 0.5) is 0 Å². The average Bonchev–Trinajstić information content (AvgIpc) is 3.42. The number of pyridine rings is 1. The van der Waals surface area contributed by atoms with E-state index in [-0.39, 0.29) is 23.6 Å². The van der Waals surface area contributed by atoms with Crippen LogP contribution < -0.4 is 10.9 Å². The highest BCUT2D eigenvalue weighted by Crippen LogP contribution is 2.20. The van der Waals surface area contributed by atoms with Gasteiger partial charge in [0, 0.05) is 31.9 Å². The lowest BCUT2D eigenvalue weighted by molar-refractivity contribution is 0.0505. The Hall–Kier alpha value is -1.96. The maximum atomic E-state index is 13.6. The molecule has 2 fully saturated rings. The monoisotopic (exact) mass is 415 g/mol. The molecule has 4 rings (SSSR count). The van der Waals surface area contributed by atoms with E-state index in [9.17, 15) is 9.59 Å². The molecule has 0 aromatic carbocycles. The average molecular weight is 416 g/mol. The van der Waals surface area contributed by atoms with Crippen LogP contribution in [-0.4, -0.2) is 47.7 Å². The molecule has 29 heavy (non-hydrogen) atoms. The Morgan fingerprint density at radius 2 is 2.14 bits per heavy atom. The van der Waals surface area contributed by atoms with Crippen LogP contribution in [0.2, 0.25) is 0 Å². The molecule has 0 saturated carbocycles. The van der Waals surface area contributed by atoms with Crippen LogP contribution in [0.3, 0.4) is 0 Å². The zero-order valence-corrected chi connectivity index (χ0v) is 17.7. The molecule has 156 valence electrons. The van der Waals surface area contributed by atoms with Gasteiger partial charge in [-0.15, -0.1) is 0 Å². The molecular formula is C22H29N3O3S. The predicted molar refractivity (Wildman–Crippen MR) is 115 cm³/mol. The van der Waals surface area contributed by atoms with E-state index in [0.29, 0.717) is 18.7 Å². The number of aromatic nitrogens is 1. The second-order valence-corrected chi connectivity index (χ2v) is 8.80. The van der Waals surface area contributed by atoms with E-state index < -0.39 is 0 Å².